The first-order valence-corrected chi connectivity index (χ1v) is 9.79. The van der Waals surface area contributed by atoms with Crippen LogP contribution in [0.2, 0.25) is 0 Å². The van der Waals surface area contributed by atoms with Gasteiger partial charge in [-0.1, -0.05) is 25.7 Å². The molecule has 1 amide bonds. The van der Waals surface area contributed by atoms with Crippen LogP contribution in [0.5, 0.6) is 0 Å². The molecule has 1 aromatic heterocycles. The Morgan fingerprint density at radius 3 is 2.42 bits per heavy atom. The van der Waals surface area contributed by atoms with Crippen LogP contribution in [0.4, 0.5) is 0 Å². The quantitative estimate of drug-likeness (QED) is 0.853. The maximum atomic E-state index is 12.7. The molecule has 0 unspecified atom stereocenters. The summed E-state index contributed by atoms with van der Waals surface area (Å²) < 4.78 is 1.26. The first-order valence-electron chi connectivity index (χ1n) is 9.79. The molecule has 3 rings (SSSR count). The average molecular weight is 362 g/mol. The van der Waals surface area contributed by atoms with Crippen molar-refractivity contribution in [3.05, 3.63) is 33.1 Å². The lowest BCUT2D eigenvalue weighted by molar-refractivity contribution is -0.133. The smallest absolute Gasteiger partial charge is 0.328 e. The number of rotatable bonds is 5. The topological polar surface area (TPSA) is 78.4 Å². The standard InChI is InChI=1S/C19H30N4O3/c1-21(17(25)14-22-13-8-16(24)20-18(22)26)15-19(9-4-2-5-10-19)23-11-6-3-7-12-23/h8,13H,2-7,9-12,14-15H2,1H3,(H,20,24,26). The summed E-state index contributed by atoms with van der Waals surface area (Å²) in [4.78, 5) is 42.3. The second-order valence-electron chi connectivity index (χ2n) is 7.82. The monoisotopic (exact) mass is 362 g/mol. The molecular formula is C19H30N4O3. The lowest BCUT2D eigenvalue weighted by Crippen LogP contribution is -2.58. The van der Waals surface area contributed by atoms with E-state index in [0.29, 0.717) is 6.54 Å². The molecule has 2 aliphatic rings. The van der Waals surface area contributed by atoms with Gasteiger partial charge in [0.25, 0.3) is 5.56 Å². The number of aromatic amines is 1. The third-order valence-electron chi connectivity index (χ3n) is 5.97. The zero-order valence-electron chi connectivity index (χ0n) is 15.7. The van der Waals surface area contributed by atoms with Crippen molar-refractivity contribution in [3.63, 3.8) is 0 Å². The maximum absolute atomic E-state index is 12.7. The lowest BCUT2D eigenvalue weighted by Gasteiger charge is -2.49. The molecule has 1 aromatic rings. The Kier molecular flexibility index (Phi) is 5.96. The number of likely N-dealkylation sites (tertiary alicyclic amines) is 1. The Hall–Kier alpha value is -1.89. The van der Waals surface area contributed by atoms with Gasteiger partial charge in [-0.15, -0.1) is 0 Å². The van der Waals surface area contributed by atoms with Gasteiger partial charge in [0, 0.05) is 31.4 Å². The highest BCUT2D eigenvalue weighted by molar-refractivity contribution is 5.75. The van der Waals surface area contributed by atoms with Crippen LogP contribution < -0.4 is 11.2 Å². The normalized spacial score (nSPS) is 20.7. The third-order valence-corrected chi connectivity index (χ3v) is 5.97. The van der Waals surface area contributed by atoms with Gasteiger partial charge in [0.15, 0.2) is 0 Å². The second-order valence-corrected chi connectivity index (χ2v) is 7.82. The summed E-state index contributed by atoms with van der Waals surface area (Å²) >= 11 is 0. The molecule has 7 heteroatoms. The Balaban J connectivity index is 1.70. The van der Waals surface area contributed by atoms with Crippen LogP contribution in [-0.2, 0) is 11.3 Å². The molecule has 1 saturated heterocycles. The molecule has 7 nitrogen and oxygen atoms in total. The minimum Gasteiger partial charge on any atom is -0.342 e. The Morgan fingerprint density at radius 2 is 1.77 bits per heavy atom. The minimum absolute atomic E-state index is 0.0395. The number of likely N-dealkylation sites (N-methyl/N-ethyl adjacent to an activating group) is 1. The van der Waals surface area contributed by atoms with Gasteiger partial charge in [0.2, 0.25) is 5.91 Å². The number of H-pyrrole nitrogens is 1. The van der Waals surface area contributed by atoms with E-state index < -0.39 is 11.2 Å². The fourth-order valence-electron chi connectivity index (χ4n) is 4.52. The van der Waals surface area contributed by atoms with E-state index in [-0.39, 0.29) is 18.0 Å². The summed E-state index contributed by atoms with van der Waals surface area (Å²) in [5, 5.41) is 0. The van der Waals surface area contributed by atoms with Crippen LogP contribution in [0.15, 0.2) is 21.9 Å². The van der Waals surface area contributed by atoms with E-state index in [0.717, 1.165) is 25.9 Å². The molecule has 1 saturated carbocycles. The number of nitrogens with one attached hydrogen (secondary N) is 1. The van der Waals surface area contributed by atoms with Crippen molar-refractivity contribution in [2.75, 3.05) is 26.7 Å². The zero-order valence-corrected chi connectivity index (χ0v) is 15.7. The lowest BCUT2D eigenvalue weighted by atomic mass is 9.78. The summed E-state index contributed by atoms with van der Waals surface area (Å²) in [5.41, 5.74) is -0.903. The molecular weight excluding hydrogens is 332 g/mol. The van der Waals surface area contributed by atoms with Crippen molar-refractivity contribution in [2.45, 2.75) is 63.5 Å². The van der Waals surface area contributed by atoms with Crippen LogP contribution in [0.3, 0.4) is 0 Å². The first-order chi connectivity index (χ1) is 12.5. The number of carbonyl (C=O) groups excluding carboxylic acids is 1. The Bertz CT molecular complexity index is 727. The Morgan fingerprint density at radius 1 is 1.12 bits per heavy atom. The van der Waals surface area contributed by atoms with Crippen molar-refractivity contribution in [1.29, 1.82) is 0 Å². The highest BCUT2D eigenvalue weighted by Crippen LogP contribution is 2.36. The highest BCUT2D eigenvalue weighted by atomic mass is 16.2. The van der Waals surface area contributed by atoms with Crippen molar-refractivity contribution in [2.24, 2.45) is 0 Å². The molecule has 0 atom stereocenters. The number of hydrogen-bond acceptors (Lipinski definition) is 4. The number of amides is 1. The molecule has 2 heterocycles. The summed E-state index contributed by atoms with van der Waals surface area (Å²) in [6, 6.07) is 1.27. The predicted molar refractivity (Wildman–Crippen MR) is 100 cm³/mol. The number of carbonyl (C=O) groups is 1. The minimum atomic E-state index is -0.539. The summed E-state index contributed by atoms with van der Waals surface area (Å²) in [7, 11) is 1.83. The molecule has 1 aliphatic carbocycles. The number of aromatic nitrogens is 2. The van der Waals surface area contributed by atoms with Crippen LogP contribution in [0, 0.1) is 0 Å². The van der Waals surface area contributed by atoms with Crippen molar-refractivity contribution >= 4 is 5.91 Å². The Labute approximate surface area is 154 Å². The van der Waals surface area contributed by atoms with Crippen LogP contribution >= 0.6 is 0 Å². The first kappa shape index (κ1) is 18.9. The van der Waals surface area contributed by atoms with E-state index in [2.05, 4.69) is 9.88 Å². The van der Waals surface area contributed by atoms with E-state index in [4.69, 9.17) is 0 Å². The third kappa shape index (κ3) is 4.26. The predicted octanol–water partition coefficient (Wildman–Crippen LogP) is 1.18. The van der Waals surface area contributed by atoms with Gasteiger partial charge < -0.3 is 4.90 Å². The molecule has 144 valence electrons. The molecule has 1 aliphatic heterocycles. The number of piperidine rings is 1. The molecule has 0 spiro atoms. The molecule has 2 fully saturated rings. The molecule has 0 bridgehead atoms. The van der Waals surface area contributed by atoms with Gasteiger partial charge in [-0.25, -0.2) is 4.79 Å². The van der Waals surface area contributed by atoms with E-state index in [1.807, 2.05) is 7.05 Å². The van der Waals surface area contributed by atoms with Gasteiger partial charge in [0.1, 0.15) is 6.54 Å². The summed E-state index contributed by atoms with van der Waals surface area (Å²) in [5.74, 6) is -0.0962. The average Bonchev–Trinajstić information content (AvgIpc) is 2.65. The maximum Gasteiger partial charge on any atom is 0.328 e. The fourth-order valence-corrected chi connectivity index (χ4v) is 4.52. The van der Waals surface area contributed by atoms with Crippen LogP contribution in [0.25, 0.3) is 0 Å². The van der Waals surface area contributed by atoms with Crippen LogP contribution in [-0.4, -0.2) is 57.5 Å². The van der Waals surface area contributed by atoms with Crippen molar-refractivity contribution in [1.82, 2.24) is 19.4 Å². The largest absolute Gasteiger partial charge is 0.342 e. The van der Waals surface area contributed by atoms with Gasteiger partial charge in [-0.05, 0) is 38.8 Å². The van der Waals surface area contributed by atoms with E-state index in [1.165, 1.54) is 55.4 Å². The zero-order chi connectivity index (χ0) is 18.6. The number of nitrogens with zero attached hydrogens (tertiary/aromatic N) is 3. The van der Waals surface area contributed by atoms with E-state index >= 15 is 0 Å². The van der Waals surface area contributed by atoms with Gasteiger partial charge in [-0.2, -0.15) is 0 Å². The van der Waals surface area contributed by atoms with E-state index in [1.54, 1.807) is 4.90 Å². The molecule has 0 radical (unpaired) electrons. The van der Waals surface area contributed by atoms with Crippen molar-refractivity contribution in [3.8, 4) is 0 Å². The number of hydrogen-bond donors (Lipinski definition) is 1. The van der Waals surface area contributed by atoms with Gasteiger partial charge in [0.05, 0.1) is 0 Å². The molecule has 1 N–H and O–H groups in total. The SMILES string of the molecule is CN(CC1(N2CCCCC2)CCCCC1)C(=O)Cn1ccc(=O)[nH]c1=O. The second kappa shape index (κ2) is 8.20. The molecule has 0 aromatic carbocycles. The van der Waals surface area contributed by atoms with Gasteiger partial charge in [-0.3, -0.25) is 24.0 Å². The highest BCUT2D eigenvalue weighted by Gasteiger charge is 2.39. The summed E-state index contributed by atoms with van der Waals surface area (Å²) in [6.45, 7) is 2.93. The fraction of sp³-hybridized carbons (Fsp3) is 0.737. The van der Waals surface area contributed by atoms with E-state index in [9.17, 15) is 14.4 Å². The summed E-state index contributed by atoms with van der Waals surface area (Å²) in [6.07, 6.45) is 11.2. The van der Waals surface area contributed by atoms with Gasteiger partial charge >= 0.3 is 5.69 Å². The van der Waals surface area contributed by atoms with Crippen LogP contribution in [0.1, 0.15) is 51.4 Å². The van der Waals surface area contributed by atoms with Crippen molar-refractivity contribution < 1.29 is 4.79 Å². The molecule has 26 heavy (non-hydrogen) atoms.